The molecular formula is C18H21NO2. The summed E-state index contributed by atoms with van der Waals surface area (Å²) in [6.45, 7) is 5.69. The Hall–Kier alpha value is -2.29. The zero-order valence-electron chi connectivity index (χ0n) is 12.7. The van der Waals surface area contributed by atoms with Gasteiger partial charge >= 0.3 is 0 Å². The molecule has 110 valence electrons. The number of benzene rings is 2. The minimum absolute atomic E-state index is 0.0402. The van der Waals surface area contributed by atoms with E-state index in [-0.39, 0.29) is 11.9 Å². The molecule has 0 saturated heterocycles. The van der Waals surface area contributed by atoms with Crippen molar-refractivity contribution in [1.82, 2.24) is 5.32 Å². The summed E-state index contributed by atoms with van der Waals surface area (Å²) in [5.74, 6) is 0.627. The molecule has 0 unspecified atom stereocenters. The van der Waals surface area contributed by atoms with Crippen LogP contribution in [0.2, 0.25) is 0 Å². The maximum Gasteiger partial charge on any atom is 0.261 e. The van der Waals surface area contributed by atoms with Gasteiger partial charge in [0.15, 0.2) is 6.10 Å². The Labute approximate surface area is 126 Å². The van der Waals surface area contributed by atoms with Gasteiger partial charge in [0.25, 0.3) is 5.91 Å². The fraction of sp³-hybridized carbons (Fsp3) is 0.278. The summed E-state index contributed by atoms with van der Waals surface area (Å²) >= 11 is 0. The van der Waals surface area contributed by atoms with Gasteiger partial charge in [-0.1, -0.05) is 48.5 Å². The van der Waals surface area contributed by atoms with Crippen LogP contribution in [-0.4, -0.2) is 12.0 Å². The Morgan fingerprint density at radius 1 is 1.00 bits per heavy atom. The first kappa shape index (κ1) is 15.1. The van der Waals surface area contributed by atoms with E-state index in [1.807, 2.05) is 68.4 Å². The topological polar surface area (TPSA) is 38.3 Å². The van der Waals surface area contributed by atoms with Crippen LogP contribution >= 0.6 is 0 Å². The van der Waals surface area contributed by atoms with E-state index in [4.69, 9.17) is 4.74 Å². The molecule has 2 aromatic rings. The first-order chi connectivity index (χ1) is 10.1. The van der Waals surface area contributed by atoms with Crippen LogP contribution in [-0.2, 0) is 4.79 Å². The molecule has 0 bridgehead atoms. The molecular weight excluding hydrogens is 262 g/mol. The Balaban J connectivity index is 1.95. The molecule has 3 heteroatoms. The average Bonchev–Trinajstić information content (AvgIpc) is 2.50. The Kier molecular flexibility index (Phi) is 4.99. The van der Waals surface area contributed by atoms with Gasteiger partial charge in [-0.3, -0.25) is 4.79 Å². The Bertz CT molecular complexity index is 595. The lowest BCUT2D eigenvalue weighted by Crippen LogP contribution is -2.37. The molecule has 1 N–H and O–H groups in total. The molecule has 3 nitrogen and oxygen atoms in total. The van der Waals surface area contributed by atoms with Crippen LogP contribution in [0, 0.1) is 6.92 Å². The number of carbonyl (C=O) groups is 1. The van der Waals surface area contributed by atoms with E-state index in [1.165, 1.54) is 0 Å². The summed E-state index contributed by atoms with van der Waals surface area (Å²) in [5, 5.41) is 2.97. The Morgan fingerprint density at radius 3 is 2.29 bits per heavy atom. The molecule has 2 rings (SSSR count). The molecule has 1 amide bonds. The van der Waals surface area contributed by atoms with Gasteiger partial charge in [-0.05, 0) is 38.0 Å². The number of ether oxygens (including phenoxy) is 1. The van der Waals surface area contributed by atoms with Crippen LogP contribution in [0.5, 0.6) is 5.75 Å². The lowest BCUT2D eigenvalue weighted by atomic mass is 10.1. The molecule has 0 fully saturated rings. The number of carbonyl (C=O) groups excluding carboxylic acids is 1. The zero-order chi connectivity index (χ0) is 15.2. The lowest BCUT2D eigenvalue weighted by molar-refractivity contribution is -0.127. The van der Waals surface area contributed by atoms with Crippen molar-refractivity contribution < 1.29 is 9.53 Å². The van der Waals surface area contributed by atoms with Crippen molar-refractivity contribution in [3.63, 3.8) is 0 Å². The highest BCUT2D eigenvalue weighted by atomic mass is 16.5. The number of nitrogens with one attached hydrogen (secondary N) is 1. The normalized spacial score (nSPS) is 13.3. The van der Waals surface area contributed by atoms with Crippen LogP contribution in [0.15, 0.2) is 54.6 Å². The third-order valence-corrected chi connectivity index (χ3v) is 3.42. The predicted molar refractivity (Wildman–Crippen MR) is 84.3 cm³/mol. The summed E-state index contributed by atoms with van der Waals surface area (Å²) in [6.07, 6.45) is -0.530. The Morgan fingerprint density at radius 2 is 1.62 bits per heavy atom. The number of hydrogen-bond donors (Lipinski definition) is 1. The maximum atomic E-state index is 12.2. The quantitative estimate of drug-likeness (QED) is 0.909. The predicted octanol–water partition coefficient (Wildman–Crippen LogP) is 3.64. The number of amides is 1. The van der Waals surface area contributed by atoms with Crippen LogP contribution in [0.3, 0.4) is 0 Å². The standard InChI is InChI=1S/C18H21NO2/c1-13-9-7-8-12-17(13)21-15(3)18(20)19-14(2)16-10-5-4-6-11-16/h4-12,14-15H,1-3H3,(H,19,20)/t14-,15-/m0/s1. The summed E-state index contributed by atoms with van der Waals surface area (Å²) in [5.41, 5.74) is 2.10. The van der Waals surface area contributed by atoms with E-state index in [1.54, 1.807) is 6.92 Å². The van der Waals surface area contributed by atoms with Crippen molar-refractivity contribution in [2.24, 2.45) is 0 Å². The van der Waals surface area contributed by atoms with Gasteiger partial charge < -0.3 is 10.1 Å². The smallest absolute Gasteiger partial charge is 0.261 e. The van der Waals surface area contributed by atoms with Crippen molar-refractivity contribution in [2.45, 2.75) is 32.9 Å². The van der Waals surface area contributed by atoms with E-state index < -0.39 is 6.10 Å². The van der Waals surface area contributed by atoms with Crippen molar-refractivity contribution in [3.05, 3.63) is 65.7 Å². The molecule has 0 aliphatic heterocycles. The fourth-order valence-corrected chi connectivity index (χ4v) is 2.09. The second-order valence-electron chi connectivity index (χ2n) is 5.17. The summed E-state index contributed by atoms with van der Waals surface area (Å²) < 4.78 is 5.73. The number of para-hydroxylation sites is 1. The van der Waals surface area contributed by atoms with Gasteiger partial charge in [0, 0.05) is 0 Å². The van der Waals surface area contributed by atoms with E-state index in [0.29, 0.717) is 0 Å². The molecule has 0 heterocycles. The number of hydrogen-bond acceptors (Lipinski definition) is 2. The van der Waals surface area contributed by atoms with Crippen molar-refractivity contribution in [3.8, 4) is 5.75 Å². The largest absolute Gasteiger partial charge is 0.481 e. The first-order valence-electron chi connectivity index (χ1n) is 7.15. The van der Waals surface area contributed by atoms with Crippen LogP contribution in [0.4, 0.5) is 0 Å². The van der Waals surface area contributed by atoms with Gasteiger partial charge in [-0.25, -0.2) is 0 Å². The molecule has 0 aliphatic carbocycles. The SMILES string of the molecule is Cc1ccccc1O[C@@H](C)C(=O)N[C@@H](C)c1ccccc1. The first-order valence-corrected chi connectivity index (χ1v) is 7.15. The van der Waals surface area contributed by atoms with Crippen molar-refractivity contribution in [1.29, 1.82) is 0 Å². The van der Waals surface area contributed by atoms with E-state index in [9.17, 15) is 4.79 Å². The highest BCUT2D eigenvalue weighted by molar-refractivity contribution is 5.81. The molecule has 2 aromatic carbocycles. The summed E-state index contributed by atoms with van der Waals surface area (Å²) in [6, 6.07) is 17.5. The maximum absolute atomic E-state index is 12.2. The summed E-state index contributed by atoms with van der Waals surface area (Å²) in [7, 11) is 0. The highest BCUT2D eigenvalue weighted by Crippen LogP contribution is 2.18. The average molecular weight is 283 g/mol. The molecule has 0 aromatic heterocycles. The van der Waals surface area contributed by atoms with Crippen LogP contribution < -0.4 is 10.1 Å². The monoisotopic (exact) mass is 283 g/mol. The third-order valence-electron chi connectivity index (χ3n) is 3.42. The van der Waals surface area contributed by atoms with E-state index in [2.05, 4.69) is 5.32 Å². The molecule has 0 saturated carbocycles. The third kappa shape index (κ3) is 4.09. The van der Waals surface area contributed by atoms with Crippen molar-refractivity contribution >= 4 is 5.91 Å². The highest BCUT2D eigenvalue weighted by Gasteiger charge is 2.18. The van der Waals surface area contributed by atoms with Gasteiger partial charge in [-0.2, -0.15) is 0 Å². The lowest BCUT2D eigenvalue weighted by Gasteiger charge is -2.19. The van der Waals surface area contributed by atoms with Crippen molar-refractivity contribution in [2.75, 3.05) is 0 Å². The van der Waals surface area contributed by atoms with Crippen LogP contribution in [0.25, 0.3) is 0 Å². The second kappa shape index (κ2) is 6.93. The second-order valence-corrected chi connectivity index (χ2v) is 5.17. The fourth-order valence-electron chi connectivity index (χ4n) is 2.09. The van der Waals surface area contributed by atoms with E-state index >= 15 is 0 Å². The van der Waals surface area contributed by atoms with E-state index in [0.717, 1.165) is 16.9 Å². The minimum atomic E-state index is -0.530. The number of aryl methyl sites for hydroxylation is 1. The molecule has 0 aliphatic rings. The number of rotatable bonds is 5. The summed E-state index contributed by atoms with van der Waals surface area (Å²) in [4.78, 5) is 12.2. The molecule has 0 spiro atoms. The molecule has 21 heavy (non-hydrogen) atoms. The van der Waals surface area contributed by atoms with Gasteiger partial charge in [0.1, 0.15) is 5.75 Å². The van der Waals surface area contributed by atoms with Gasteiger partial charge in [0.2, 0.25) is 0 Å². The van der Waals surface area contributed by atoms with Gasteiger partial charge in [0.05, 0.1) is 6.04 Å². The molecule has 2 atom stereocenters. The van der Waals surface area contributed by atoms with Crippen LogP contribution in [0.1, 0.15) is 31.0 Å². The minimum Gasteiger partial charge on any atom is -0.481 e. The zero-order valence-corrected chi connectivity index (χ0v) is 12.7. The van der Waals surface area contributed by atoms with Gasteiger partial charge in [-0.15, -0.1) is 0 Å². The molecule has 0 radical (unpaired) electrons.